The first-order chi connectivity index (χ1) is 13.1. The first kappa shape index (κ1) is 20.1. The smallest absolute Gasteiger partial charge is 0.359 e. The molecule has 0 bridgehead atoms. The predicted octanol–water partition coefficient (Wildman–Crippen LogP) is 0.0682. The number of non-ortho nitro benzene ring substituents is 1. The van der Waals surface area contributed by atoms with E-state index in [1.165, 1.54) is 36.0 Å². The van der Waals surface area contributed by atoms with Gasteiger partial charge in [0.2, 0.25) is 5.91 Å². The summed E-state index contributed by atoms with van der Waals surface area (Å²) in [5.41, 5.74) is 5.77. The molecule has 2 atom stereocenters. The second kappa shape index (κ2) is 7.41. The van der Waals surface area contributed by atoms with Crippen molar-refractivity contribution in [3.8, 4) is 0 Å². The van der Waals surface area contributed by atoms with Crippen molar-refractivity contribution in [1.29, 1.82) is 0 Å². The summed E-state index contributed by atoms with van der Waals surface area (Å²) in [6.45, 7) is -0.238. The fraction of sp³-hybridized carbons (Fsp3) is 0.333. The molecule has 13 heteroatoms. The molecule has 2 N–H and O–H groups in total. The van der Waals surface area contributed by atoms with Gasteiger partial charge in [0.25, 0.3) is 5.69 Å². The third-order valence-electron chi connectivity index (χ3n) is 3.94. The van der Waals surface area contributed by atoms with Crippen molar-refractivity contribution in [2.24, 2.45) is 5.73 Å². The molecule has 1 saturated heterocycles. The highest BCUT2D eigenvalue weighted by atomic mass is 32.2. The SMILES string of the molecule is CS(=O)(=O)OC1=C(C(=O)OCc2ccc([N+](=O)[O-])cc2)N2C(=O)C(N)[C@H]2SC1. The minimum atomic E-state index is -3.93. The molecule has 2 heterocycles. The van der Waals surface area contributed by atoms with Gasteiger partial charge in [-0.05, 0) is 17.7 Å². The average Bonchev–Trinajstić information content (AvgIpc) is 2.64. The topological polar surface area (TPSA) is 159 Å². The van der Waals surface area contributed by atoms with E-state index in [1.807, 2.05) is 0 Å². The van der Waals surface area contributed by atoms with Gasteiger partial charge in [0.15, 0.2) is 11.5 Å². The molecule has 2 aliphatic heterocycles. The lowest BCUT2D eigenvalue weighted by molar-refractivity contribution is -0.384. The highest BCUT2D eigenvalue weighted by molar-refractivity contribution is 8.00. The molecular formula is C15H15N3O8S2. The zero-order valence-electron chi connectivity index (χ0n) is 14.4. The molecule has 0 aliphatic carbocycles. The van der Waals surface area contributed by atoms with Crippen LogP contribution in [0.15, 0.2) is 35.7 Å². The van der Waals surface area contributed by atoms with Crippen LogP contribution in [-0.4, -0.2) is 53.5 Å². The van der Waals surface area contributed by atoms with Crippen molar-refractivity contribution in [3.05, 3.63) is 51.4 Å². The molecule has 2 aliphatic rings. The summed E-state index contributed by atoms with van der Waals surface area (Å²) in [4.78, 5) is 35.8. The highest BCUT2D eigenvalue weighted by Crippen LogP contribution is 2.40. The summed E-state index contributed by atoms with van der Waals surface area (Å²) < 4.78 is 33.0. The lowest BCUT2D eigenvalue weighted by Crippen LogP contribution is -2.68. The van der Waals surface area contributed by atoms with Gasteiger partial charge in [0.1, 0.15) is 18.0 Å². The van der Waals surface area contributed by atoms with Gasteiger partial charge in [-0.1, -0.05) is 0 Å². The van der Waals surface area contributed by atoms with Crippen LogP contribution in [0, 0.1) is 10.1 Å². The van der Waals surface area contributed by atoms with Gasteiger partial charge in [-0.2, -0.15) is 8.42 Å². The maximum atomic E-state index is 12.6. The van der Waals surface area contributed by atoms with E-state index in [4.69, 9.17) is 14.7 Å². The Morgan fingerprint density at radius 1 is 1.39 bits per heavy atom. The summed E-state index contributed by atoms with van der Waals surface area (Å²) in [5, 5.41) is 10.2. The molecule has 1 amide bonds. The monoisotopic (exact) mass is 429 g/mol. The summed E-state index contributed by atoms with van der Waals surface area (Å²) in [7, 11) is -3.93. The van der Waals surface area contributed by atoms with E-state index in [0.29, 0.717) is 5.56 Å². The van der Waals surface area contributed by atoms with Crippen LogP contribution in [0.2, 0.25) is 0 Å². The number of rotatable bonds is 6. The third kappa shape index (κ3) is 3.95. The van der Waals surface area contributed by atoms with Crippen molar-refractivity contribution in [2.75, 3.05) is 12.0 Å². The van der Waals surface area contributed by atoms with Gasteiger partial charge in [-0.3, -0.25) is 19.8 Å². The molecule has 1 fully saturated rings. The minimum Gasteiger partial charge on any atom is -0.456 e. The standard InChI is InChI=1S/C15H15N3O8S2/c1-28(23,24)26-10-7-27-14-11(16)13(19)17(14)12(10)15(20)25-6-8-2-4-9(5-3-8)18(21)22/h2-5,11,14H,6-7,16H2,1H3/t11?,14-/m1/s1. The number of fused-ring (bicyclic) bond motifs is 1. The number of esters is 1. The molecule has 11 nitrogen and oxygen atoms in total. The fourth-order valence-corrected chi connectivity index (χ4v) is 4.43. The van der Waals surface area contributed by atoms with Crippen LogP contribution in [0.3, 0.4) is 0 Å². The molecular weight excluding hydrogens is 414 g/mol. The van der Waals surface area contributed by atoms with Crippen LogP contribution in [0.4, 0.5) is 5.69 Å². The second-order valence-corrected chi connectivity index (χ2v) is 8.67. The number of nitrogens with zero attached hydrogens (tertiary/aromatic N) is 2. The van der Waals surface area contributed by atoms with Crippen LogP contribution in [0.5, 0.6) is 0 Å². The van der Waals surface area contributed by atoms with Gasteiger partial charge in [0, 0.05) is 12.1 Å². The molecule has 3 rings (SSSR count). The highest BCUT2D eigenvalue weighted by Gasteiger charge is 2.53. The Bertz CT molecular complexity index is 974. The molecule has 1 aromatic carbocycles. The number of amides is 1. The van der Waals surface area contributed by atoms with Gasteiger partial charge in [-0.15, -0.1) is 11.8 Å². The lowest BCUT2D eigenvalue weighted by atomic mass is 10.1. The number of ether oxygens (including phenoxy) is 1. The van der Waals surface area contributed by atoms with Gasteiger partial charge < -0.3 is 14.7 Å². The number of carbonyl (C=O) groups is 2. The van der Waals surface area contributed by atoms with Crippen molar-refractivity contribution in [3.63, 3.8) is 0 Å². The lowest BCUT2D eigenvalue weighted by Gasteiger charge is -2.47. The molecule has 28 heavy (non-hydrogen) atoms. The van der Waals surface area contributed by atoms with Crippen molar-refractivity contribution in [2.45, 2.75) is 18.0 Å². The number of nitrogens with two attached hydrogens (primary N) is 1. The maximum Gasteiger partial charge on any atom is 0.359 e. The molecule has 1 aromatic rings. The first-order valence-electron chi connectivity index (χ1n) is 7.82. The summed E-state index contributed by atoms with van der Waals surface area (Å²) in [6, 6.07) is 4.54. The molecule has 150 valence electrons. The van der Waals surface area contributed by atoms with Gasteiger partial charge in [0.05, 0.1) is 16.9 Å². The number of thioether (sulfide) groups is 1. The average molecular weight is 429 g/mol. The second-order valence-electron chi connectivity index (χ2n) is 5.99. The summed E-state index contributed by atoms with van der Waals surface area (Å²) >= 11 is 1.17. The third-order valence-corrected chi connectivity index (χ3v) is 5.72. The van der Waals surface area contributed by atoms with E-state index >= 15 is 0 Å². The fourth-order valence-electron chi connectivity index (χ4n) is 2.66. The normalized spacial score (nSPS) is 21.6. The Labute approximate surface area is 163 Å². The van der Waals surface area contributed by atoms with Crippen LogP contribution in [0.1, 0.15) is 5.56 Å². The summed E-state index contributed by atoms with van der Waals surface area (Å²) in [5.74, 6) is -1.69. The summed E-state index contributed by atoms with van der Waals surface area (Å²) in [6.07, 6.45) is 0.820. The van der Waals surface area contributed by atoms with E-state index in [2.05, 4.69) is 0 Å². The predicted molar refractivity (Wildman–Crippen MR) is 96.9 cm³/mol. The van der Waals surface area contributed by atoms with Gasteiger partial charge in [-0.25, -0.2) is 4.79 Å². The van der Waals surface area contributed by atoms with E-state index in [1.54, 1.807) is 0 Å². The Kier molecular flexibility index (Phi) is 5.32. The number of β-lactam (4-membered cyclic amide) rings is 1. The number of nitro benzene ring substituents is 1. The van der Waals surface area contributed by atoms with E-state index in [9.17, 15) is 28.1 Å². The van der Waals surface area contributed by atoms with Crippen LogP contribution < -0.4 is 5.73 Å². The zero-order chi connectivity index (χ0) is 20.6. The molecule has 0 spiro atoms. The van der Waals surface area contributed by atoms with Crippen molar-refractivity contribution >= 4 is 39.4 Å². The number of hydrogen-bond acceptors (Lipinski definition) is 10. The minimum absolute atomic E-state index is 0.0250. The zero-order valence-corrected chi connectivity index (χ0v) is 16.1. The van der Waals surface area contributed by atoms with Crippen LogP contribution >= 0.6 is 11.8 Å². The van der Waals surface area contributed by atoms with E-state index < -0.39 is 38.3 Å². The Hall–Kier alpha value is -2.64. The number of hydrogen-bond donors (Lipinski definition) is 1. The van der Waals surface area contributed by atoms with Gasteiger partial charge >= 0.3 is 16.1 Å². The molecule has 0 aromatic heterocycles. The van der Waals surface area contributed by atoms with Crippen molar-refractivity contribution in [1.82, 2.24) is 4.90 Å². The number of nitro groups is 1. The molecule has 1 unspecified atom stereocenters. The Morgan fingerprint density at radius 2 is 2.04 bits per heavy atom. The van der Waals surface area contributed by atoms with Crippen LogP contribution in [-0.2, 0) is 35.2 Å². The largest absolute Gasteiger partial charge is 0.456 e. The van der Waals surface area contributed by atoms with E-state index in [-0.39, 0.29) is 29.5 Å². The maximum absolute atomic E-state index is 12.6. The van der Waals surface area contributed by atoms with Crippen LogP contribution in [0.25, 0.3) is 0 Å². The molecule has 0 radical (unpaired) electrons. The first-order valence-corrected chi connectivity index (χ1v) is 10.7. The quantitative estimate of drug-likeness (QED) is 0.215. The van der Waals surface area contributed by atoms with Crippen molar-refractivity contribution < 1.29 is 31.9 Å². The Morgan fingerprint density at radius 3 is 2.61 bits per heavy atom. The van der Waals surface area contributed by atoms with E-state index in [0.717, 1.165) is 11.2 Å². The number of carbonyl (C=O) groups excluding carboxylic acids is 2. The number of benzene rings is 1. The Balaban J connectivity index is 1.80. The molecule has 0 saturated carbocycles.